The molecule has 5 nitrogen and oxygen atoms in total. The summed E-state index contributed by atoms with van der Waals surface area (Å²) in [5.41, 5.74) is 0. The van der Waals surface area contributed by atoms with E-state index in [1.54, 1.807) is 0 Å². The number of hydrogen-bond donors (Lipinski definition) is 0. The highest BCUT2D eigenvalue weighted by molar-refractivity contribution is 5.51. The molecule has 0 fully saturated rings. The Balaban J connectivity index is 2.79. The molecule has 0 atom stereocenters. The summed E-state index contributed by atoms with van der Waals surface area (Å²) in [6, 6.07) is 0. The molecule has 1 aromatic rings. The minimum atomic E-state index is 0.431. The van der Waals surface area contributed by atoms with Gasteiger partial charge in [0.2, 0.25) is 0 Å². The van der Waals surface area contributed by atoms with Crippen molar-refractivity contribution in [2.24, 2.45) is 10.2 Å². The van der Waals surface area contributed by atoms with Gasteiger partial charge in [-0.2, -0.15) is 0 Å². The van der Waals surface area contributed by atoms with Gasteiger partial charge in [0.25, 0.3) is 5.82 Å². The molecule has 0 aliphatic carbocycles. The molecule has 1 aliphatic heterocycles. The van der Waals surface area contributed by atoms with E-state index in [-0.39, 0.29) is 0 Å². The van der Waals surface area contributed by atoms with Crippen LogP contribution in [0.4, 0.5) is 11.7 Å². The third-order valence-corrected chi connectivity index (χ3v) is 0.690. The predicted octanol–water partition coefficient (Wildman–Crippen LogP) is 0.798. The van der Waals surface area contributed by atoms with E-state index in [1.807, 2.05) is 0 Å². The average molecular weight is 96.0 g/mol. The second kappa shape index (κ2) is 0.699. The smallest absolute Gasteiger partial charge is 0.312 e. The average Bonchev–Trinajstić information content (AvgIpc) is 1.85. The van der Waals surface area contributed by atoms with Gasteiger partial charge in [-0.15, -0.1) is 10.2 Å². The molecule has 0 N–H and O–H groups in total. The van der Waals surface area contributed by atoms with Crippen LogP contribution in [0.25, 0.3) is 0 Å². The van der Waals surface area contributed by atoms with Crippen molar-refractivity contribution in [1.82, 2.24) is 10.4 Å². The molecule has 7 heavy (non-hydrogen) atoms. The summed E-state index contributed by atoms with van der Waals surface area (Å²) in [6.45, 7) is 0. The zero-order valence-corrected chi connectivity index (χ0v) is 3.20. The largest absolute Gasteiger partial charge is 0.318 e. The van der Waals surface area contributed by atoms with Gasteiger partial charge in [0.15, 0.2) is 0 Å². The van der Waals surface area contributed by atoms with Crippen LogP contribution >= 0.6 is 0 Å². The Morgan fingerprint density at radius 3 is 2.57 bits per heavy atom. The molecular weight excluding hydrogens is 96.0 g/mol. The zero-order valence-electron chi connectivity index (χ0n) is 3.20. The molecule has 0 bridgehead atoms. The fourth-order valence-electron chi connectivity index (χ4n) is 0.355. The van der Waals surface area contributed by atoms with Crippen molar-refractivity contribution < 1.29 is 4.52 Å². The van der Waals surface area contributed by atoms with E-state index in [0.717, 1.165) is 0 Å². The van der Waals surface area contributed by atoms with Gasteiger partial charge in [0.1, 0.15) is 0 Å². The van der Waals surface area contributed by atoms with Gasteiger partial charge in [0.05, 0.1) is 0 Å². The van der Waals surface area contributed by atoms with E-state index in [4.69, 9.17) is 0 Å². The summed E-state index contributed by atoms with van der Waals surface area (Å²) in [4.78, 5) is 0. The second-order valence-electron chi connectivity index (χ2n) is 1.10. The minimum absolute atomic E-state index is 0.431. The minimum Gasteiger partial charge on any atom is -0.312 e. The van der Waals surface area contributed by atoms with Gasteiger partial charge in [0, 0.05) is 5.27 Å². The van der Waals surface area contributed by atoms with Crippen LogP contribution in [0.15, 0.2) is 14.8 Å². The first kappa shape index (κ1) is 2.84. The number of aromatic nitrogens is 2. The molecule has 1 aromatic heterocycles. The lowest BCUT2D eigenvalue weighted by Crippen LogP contribution is -1.68. The molecule has 1 aliphatic rings. The monoisotopic (exact) mass is 96.0 g/mol. The number of fused-ring (bicyclic) bond motifs is 1. The van der Waals surface area contributed by atoms with Gasteiger partial charge in [-0.1, -0.05) is 5.10 Å². The lowest BCUT2D eigenvalue weighted by Gasteiger charge is -1.87. The topological polar surface area (TPSA) is 63.6 Å². The second-order valence-corrected chi connectivity index (χ2v) is 1.10. The van der Waals surface area contributed by atoms with Crippen LogP contribution in [0.1, 0.15) is 0 Å². The SMILES string of the molecule is N1=Nc2onnc21. The lowest BCUT2D eigenvalue weighted by molar-refractivity contribution is 0.400. The molecule has 34 valence electrons. The van der Waals surface area contributed by atoms with Gasteiger partial charge in [-0.3, -0.25) is 0 Å². The highest BCUT2D eigenvalue weighted by Crippen LogP contribution is 2.33. The van der Waals surface area contributed by atoms with Gasteiger partial charge in [-0.25, -0.2) is 0 Å². The maximum Gasteiger partial charge on any atom is 0.318 e. The highest BCUT2D eigenvalue weighted by atomic mass is 16.5. The molecule has 2 rings (SSSR count). The van der Waals surface area contributed by atoms with Crippen molar-refractivity contribution in [3.8, 4) is 0 Å². The molecule has 0 aromatic carbocycles. The van der Waals surface area contributed by atoms with E-state index in [2.05, 4.69) is 25.1 Å². The Morgan fingerprint density at radius 1 is 1.29 bits per heavy atom. The number of rotatable bonds is 0. The van der Waals surface area contributed by atoms with Crippen LogP contribution in [0.2, 0.25) is 0 Å². The number of azo groups is 1. The van der Waals surface area contributed by atoms with Crippen molar-refractivity contribution in [3.63, 3.8) is 0 Å². The fraction of sp³-hybridized carbons (Fsp3) is 0. The van der Waals surface area contributed by atoms with Crippen molar-refractivity contribution >= 4 is 11.7 Å². The predicted molar refractivity (Wildman–Crippen MR) is 18.5 cm³/mol. The fourth-order valence-corrected chi connectivity index (χ4v) is 0.355. The molecule has 2 heterocycles. The van der Waals surface area contributed by atoms with Gasteiger partial charge in [-0.05, 0) is 0 Å². The van der Waals surface area contributed by atoms with E-state index in [9.17, 15) is 0 Å². The molecule has 0 saturated heterocycles. The number of hydrogen-bond acceptors (Lipinski definition) is 5. The quantitative estimate of drug-likeness (QED) is 0.487. The summed E-state index contributed by atoms with van der Waals surface area (Å²) in [7, 11) is 0. The normalized spacial score (nSPS) is 13.1. The van der Waals surface area contributed by atoms with E-state index >= 15 is 0 Å². The van der Waals surface area contributed by atoms with Crippen LogP contribution in [0.5, 0.6) is 0 Å². The standard InChI is InChI=1S/C2N4O/c3-1-2(5-3)7-6-4-1. The Hall–Kier alpha value is -1.26. The Labute approximate surface area is 38.0 Å². The molecular formula is C2N4O. The first-order valence-corrected chi connectivity index (χ1v) is 1.71. The lowest BCUT2D eigenvalue weighted by atomic mass is 10.7. The van der Waals surface area contributed by atoms with E-state index in [1.165, 1.54) is 0 Å². The van der Waals surface area contributed by atoms with E-state index < -0.39 is 0 Å². The Kier molecular flexibility index (Phi) is 0.283. The first-order chi connectivity index (χ1) is 3.47. The highest BCUT2D eigenvalue weighted by Gasteiger charge is 2.15. The van der Waals surface area contributed by atoms with E-state index in [0.29, 0.717) is 11.7 Å². The molecule has 0 unspecified atom stereocenters. The third kappa shape index (κ3) is 0.188. The van der Waals surface area contributed by atoms with Crippen LogP contribution in [0, 0.1) is 0 Å². The molecule has 5 heteroatoms. The van der Waals surface area contributed by atoms with Crippen LogP contribution < -0.4 is 0 Å². The molecule has 0 saturated carbocycles. The summed E-state index contributed by atoms with van der Waals surface area (Å²) in [6.07, 6.45) is 0. The summed E-state index contributed by atoms with van der Waals surface area (Å²) >= 11 is 0. The van der Waals surface area contributed by atoms with Crippen LogP contribution in [-0.4, -0.2) is 10.4 Å². The van der Waals surface area contributed by atoms with Gasteiger partial charge < -0.3 is 4.52 Å². The summed E-state index contributed by atoms with van der Waals surface area (Å²) in [5, 5.41) is 13.5. The molecule has 0 amide bonds. The van der Waals surface area contributed by atoms with Crippen molar-refractivity contribution in [3.05, 3.63) is 0 Å². The van der Waals surface area contributed by atoms with Crippen molar-refractivity contribution in [2.45, 2.75) is 0 Å². The van der Waals surface area contributed by atoms with Crippen molar-refractivity contribution in [1.29, 1.82) is 0 Å². The Morgan fingerprint density at radius 2 is 2.29 bits per heavy atom. The zero-order chi connectivity index (χ0) is 4.69. The van der Waals surface area contributed by atoms with Crippen LogP contribution in [-0.2, 0) is 0 Å². The summed E-state index contributed by atoms with van der Waals surface area (Å²) < 4.78 is 4.43. The van der Waals surface area contributed by atoms with Crippen LogP contribution in [0.3, 0.4) is 0 Å². The number of nitrogens with zero attached hydrogens (tertiary/aromatic N) is 4. The molecule has 0 radical (unpaired) electrons. The maximum absolute atomic E-state index is 4.43. The van der Waals surface area contributed by atoms with Crippen molar-refractivity contribution in [2.75, 3.05) is 0 Å². The maximum atomic E-state index is 4.43. The third-order valence-electron chi connectivity index (χ3n) is 0.690. The Bertz CT molecular complexity index is 193. The first-order valence-electron chi connectivity index (χ1n) is 1.71. The van der Waals surface area contributed by atoms with Gasteiger partial charge >= 0.3 is 5.88 Å². The summed E-state index contributed by atoms with van der Waals surface area (Å²) in [5.74, 6) is 0.931. The molecule has 0 spiro atoms.